The first-order valence-corrected chi connectivity index (χ1v) is 7.16. The number of ether oxygens (including phenoxy) is 1. The lowest BCUT2D eigenvalue weighted by Crippen LogP contribution is -2.24. The van der Waals surface area contributed by atoms with Gasteiger partial charge in [0.25, 0.3) is 0 Å². The zero-order valence-corrected chi connectivity index (χ0v) is 11.9. The first kappa shape index (κ1) is 13.9. The van der Waals surface area contributed by atoms with E-state index in [1.807, 2.05) is 24.3 Å². The number of hydrogen-bond acceptors (Lipinski definition) is 4. The Kier molecular flexibility index (Phi) is 4.47. The minimum absolute atomic E-state index is 0.107. The summed E-state index contributed by atoms with van der Waals surface area (Å²) in [4.78, 5) is 24.7. The zero-order valence-electron chi connectivity index (χ0n) is 11.1. The van der Waals surface area contributed by atoms with Crippen LogP contribution in [-0.2, 0) is 9.59 Å². The smallest absolute Gasteiger partial charge is 0.227 e. The van der Waals surface area contributed by atoms with Crippen LogP contribution in [0.15, 0.2) is 24.3 Å². The number of carbonyl (C=O) groups is 2. The van der Waals surface area contributed by atoms with Crippen molar-refractivity contribution in [1.29, 1.82) is 0 Å². The minimum Gasteiger partial charge on any atom is -0.497 e. The van der Waals surface area contributed by atoms with E-state index < -0.39 is 0 Å². The molecule has 5 heteroatoms. The van der Waals surface area contributed by atoms with Crippen molar-refractivity contribution in [1.82, 2.24) is 0 Å². The molecule has 1 unspecified atom stereocenters. The molecule has 0 spiro atoms. The first-order valence-electron chi connectivity index (χ1n) is 6.18. The van der Waals surface area contributed by atoms with Crippen molar-refractivity contribution in [2.24, 2.45) is 5.92 Å². The van der Waals surface area contributed by atoms with E-state index in [0.717, 1.165) is 11.4 Å². The van der Waals surface area contributed by atoms with Crippen molar-refractivity contribution in [2.45, 2.75) is 13.3 Å². The Balaban J connectivity index is 2.00. The number of hydrogen-bond donors (Lipinski definition) is 0. The standard InChI is InChI=1S/C14H17NO3S/c1-10(16)19-9-11-7-14(17)15(8-11)12-3-5-13(18-2)6-4-12/h3-6,11H,7-9H2,1-2H3. The number of benzene rings is 1. The van der Waals surface area contributed by atoms with Gasteiger partial charge in [0.2, 0.25) is 5.91 Å². The number of amides is 1. The highest BCUT2D eigenvalue weighted by Gasteiger charge is 2.30. The van der Waals surface area contributed by atoms with Crippen molar-refractivity contribution < 1.29 is 14.3 Å². The van der Waals surface area contributed by atoms with Gasteiger partial charge in [-0.05, 0) is 30.2 Å². The van der Waals surface area contributed by atoms with Crippen molar-refractivity contribution in [3.05, 3.63) is 24.3 Å². The quantitative estimate of drug-likeness (QED) is 0.848. The molecule has 0 aromatic heterocycles. The van der Waals surface area contributed by atoms with Crippen LogP contribution in [0.5, 0.6) is 5.75 Å². The highest BCUT2D eigenvalue weighted by molar-refractivity contribution is 8.13. The van der Waals surface area contributed by atoms with E-state index in [1.54, 1.807) is 18.9 Å². The lowest BCUT2D eigenvalue weighted by Gasteiger charge is -2.17. The Labute approximate surface area is 117 Å². The molecule has 0 bridgehead atoms. The Morgan fingerprint density at radius 3 is 2.68 bits per heavy atom. The molecular weight excluding hydrogens is 262 g/mol. The summed E-state index contributed by atoms with van der Waals surface area (Å²) in [7, 11) is 1.62. The predicted molar refractivity (Wildman–Crippen MR) is 76.6 cm³/mol. The molecule has 1 aliphatic rings. The van der Waals surface area contributed by atoms with Gasteiger partial charge >= 0.3 is 0 Å². The number of nitrogens with zero attached hydrogens (tertiary/aromatic N) is 1. The van der Waals surface area contributed by atoms with Crippen LogP contribution in [0.1, 0.15) is 13.3 Å². The van der Waals surface area contributed by atoms with Gasteiger partial charge in [-0.1, -0.05) is 11.8 Å². The van der Waals surface area contributed by atoms with Gasteiger partial charge in [-0.3, -0.25) is 9.59 Å². The number of anilines is 1. The number of methoxy groups -OCH3 is 1. The SMILES string of the molecule is COc1ccc(N2CC(CSC(C)=O)CC2=O)cc1. The Morgan fingerprint density at radius 2 is 2.11 bits per heavy atom. The second-order valence-electron chi connectivity index (χ2n) is 4.58. The molecule has 1 aliphatic heterocycles. The van der Waals surface area contributed by atoms with Crippen LogP contribution >= 0.6 is 11.8 Å². The number of carbonyl (C=O) groups excluding carboxylic acids is 2. The molecule has 1 amide bonds. The van der Waals surface area contributed by atoms with E-state index in [4.69, 9.17) is 4.74 Å². The molecule has 1 aromatic carbocycles. The molecule has 102 valence electrons. The highest BCUT2D eigenvalue weighted by Crippen LogP contribution is 2.28. The lowest BCUT2D eigenvalue weighted by molar-refractivity contribution is -0.117. The van der Waals surface area contributed by atoms with Gasteiger partial charge in [-0.2, -0.15) is 0 Å². The summed E-state index contributed by atoms with van der Waals surface area (Å²) < 4.78 is 5.10. The van der Waals surface area contributed by atoms with Crippen LogP contribution in [-0.4, -0.2) is 30.4 Å². The van der Waals surface area contributed by atoms with E-state index >= 15 is 0 Å². The maximum absolute atomic E-state index is 12.0. The fraction of sp³-hybridized carbons (Fsp3) is 0.429. The van der Waals surface area contributed by atoms with Crippen LogP contribution in [0.2, 0.25) is 0 Å². The van der Waals surface area contributed by atoms with E-state index in [-0.39, 0.29) is 16.9 Å². The van der Waals surface area contributed by atoms with Crippen LogP contribution in [0.3, 0.4) is 0 Å². The van der Waals surface area contributed by atoms with Crippen LogP contribution in [0.4, 0.5) is 5.69 Å². The molecule has 0 N–H and O–H groups in total. The largest absolute Gasteiger partial charge is 0.497 e. The average Bonchev–Trinajstić information content (AvgIpc) is 2.78. The molecule has 0 radical (unpaired) electrons. The Bertz CT molecular complexity index is 472. The minimum atomic E-state index is 0.107. The summed E-state index contributed by atoms with van der Waals surface area (Å²) in [6.07, 6.45) is 0.520. The first-order chi connectivity index (χ1) is 9.10. The van der Waals surface area contributed by atoms with E-state index in [2.05, 4.69) is 0 Å². The van der Waals surface area contributed by atoms with Gasteiger partial charge in [0.15, 0.2) is 5.12 Å². The molecule has 1 aromatic rings. The van der Waals surface area contributed by atoms with Crippen molar-refractivity contribution in [3.63, 3.8) is 0 Å². The molecule has 1 heterocycles. The lowest BCUT2D eigenvalue weighted by atomic mass is 10.1. The number of rotatable bonds is 4. The third-order valence-corrected chi connectivity index (χ3v) is 4.16. The van der Waals surface area contributed by atoms with Crippen LogP contribution in [0.25, 0.3) is 0 Å². The van der Waals surface area contributed by atoms with Crippen molar-refractivity contribution in [2.75, 3.05) is 24.3 Å². The fourth-order valence-corrected chi connectivity index (χ4v) is 2.83. The maximum Gasteiger partial charge on any atom is 0.227 e. The second kappa shape index (κ2) is 6.10. The molecular formula is C14H17NO3S. The van der Waals surface area contributed by atoms with Gasteiger partial charge in [-0.15, -0.1) is 0 Å². The molecule has 19 heavy (non-hydrogen) atoms. The van der Waals surface area contributed by atoms with E-state index in [9.17, 15) is 9.59 Å². The van der Waals surface area contributed by atoms with Gasteiger partial charge in [-0.25, -0.2) is 0 Å². The van der Waals surface area contributed by atoms with Gasteiger partial charge < -0.3 is 9.64 Å². The summed E-state index contributed by atoms with van der Waals surface area (Å²) in [6.45, 7) is 2.24. The normalized spacial score (nSPS) is 18.7. The number of thioether (sulfide) groups is 1. The molecule has 2 rings (SSSR count). The van der Waals surface area contributed by atoms with Crippen molar-refractivity contribution >= 4 is 28.5 Å². The third-order valence-electron chi connectivity index (χ3n) is 3.11. The monoisotopic (exact) mass is 279 g/mol. The molecule has 1 fully saturated rings. The molecule has 4 nitrogen and oxygen atoms in total. The average molecular weight is 279 g/mol. The molecule has 1 saturated heterocycles. The van der Waals surface area contributed by atoms with Crippen molar-refractivity contribution in [3.8, 4) is 5.75 Å². The summed E-state index contributed by atoms with van der Waals surface area (Å²) in [5.74, 6) is 1.87. The van der Waals surface area contributed by atoms with Crippen LogP contribution in [0, 0.1) is 5.92 Å². The summed E-state index contributed by atoms with van der Waals surface area (Å²) in [6, 6.07) is 7.47. The second-order valence-corrected chi connectivity index (χ2v) is 5.77. The summed E-state index contributed by atoms with van der Waals surface area (Å²) >= 11 is 1.30. The fourth-order valence-electron chi connectivity index (χ4n) is 2.14. The van der Waals surface area contributed by atoms with Gasteiger partial charge in [0.05, 0.1) is 7.11 Å². The third kappa shape index (κ3) is 3.50. The molecule has 0 saturated carbocycles. The van der Waals surface area contributed by atoms with Gasteiger partial charge in [0, 0.05) is 31.3 Å². The van der Waals surface area contributed by atoms with E-state index in [0.29, 0.717) is 18.7 Å². The molecule has 1 atom stereocenters. The predicted octanol–water partition coefficient (Wildman–Crippen LogP) is 2.33. The summed E-state index contributed by atoms with van der Waals surface area (Å²) in [5, 5.41) is 0.107. The van der Waals surface area contributed by atoms with Crippen LogP contribution < -0.4 is 9.64 Å². The van der Waals surface area contributed by atoms with Gasteiger partial charge in [0.1, 0.15) is 5.75 Å². The maximum atomic E-state index is 12.0. The van der Waals surface area contributed by atoms with E-state index in [1.165, 1.54) is 11.8 Å². The Morgan fingerprint density at radius 1 is 1.42 bits per heavy atom. The zero-order chi connectivity index (χ0) is 13.8. The molecule has 0 aliphatic carbocycles. The highest BCUT2D eigenvalue weighted by atomic mass is 32.2. The summed E-state index contributed by atoms with van der Waals surface area (Å²) in [5.41, 5.74) is 0.890. The topological polar surface area (TPSA) is 46.6 Å². The Hall–Kier alpha value is -1.49.